The normalized spacial score (nSPS) is 24.1. The van der Waals surface area contributed by atoms with Gasteiger partial charge in [0, 0.05) is 17.4 Å². The molecule has 0 spiro atoms. The van der Waals surface area contributed by atoms with Crippen LogP contribution in [-0.4, -0.2) is 23.3 Å². The van der Waals surface area contributed by atoms with Crippen molar-refractivity contribution in [3.8, 4) is 11.5 Å². The molecule has 0 saturated carbocycles. The number of unbranched alkanes of at least 4 members (excludes halogenated alkanes) is 1. The van der Waals surface area contributed by atoms with Crippen LogP contribution in [0, 0.1) is 5.92 Å². The third kappa shape index (κ3) is 3.85. The van der Waals surface area contributed by atoms with E-state index in [1.807, 2.05) is 13.0 Å². The minimum Gasteiger partial charge on any atom is -0.508 e. The standard InChI is InChI=1S/C23H32O4/c1-6-7-10-26-22(25)15(3)16-12-19(24)21-17-11-14(2)8-9-18(17)23(4,5)27-20(21)13-16/h8,12-13,15,17-18,24H,6-7,9-11H2,1-5H3/t15?,17-,18?/m1/s1. The minimum atomic E-state index is -0.435. The number of rotatable bonds is 5. The summed E-state index contributed by atoms with van der Waals surface area (Å²) in [5.74, 6) is 0.828. The molecule has 148 valence electrons. The number of phenols is 1. The van der Waals surface area contributed by atoms with E-state index in [4.69, 9.17) is 9.47 Å². The zero-order chi connectivity index (χ0) is 19.8. The van der Waals surface area contributed by atoms with Crippen LogP contribution >= 0.6 is 0 Å². The molecule has 0 saturated heterocycles. The summed E-state index contributed by atoms with van der Waals surface area (Å²) in [6.45, 7) is 10.7. The lowest BCUT2D eigenvalue weighted by atomic mass is 9.67. The molecule has 1 aromatic carbocycles. The van der Waals surface area contributed by atoms with Crippen LogP contribution in [0.4, 0.5) is 0 Å². The van der Waals surface area contributed by atoms with Crippen molar-refractivity contribution in [2.24, 2.45) is 5.92 Å². The molecule has 27 heavy (non-hydrogen) atoms. The molecule has 1 aliphatic heterocycles. The van der Waals surface area contributed by atoms with E-state index in [2.05, 4.69) is 33.8 Å². The van der Waals surface area contributed by atoms with Crippen molar-refractivity contribution in [2.75, 3.05) is 6.61 Å². The molecule has 3 rings (SSSR count). The van der Waals surface area contributed by atoms with Crippen LogP contribution in [0.3, 0.4) is 0 Å². The smallest absolute Gasteiger partial charge is 0.313 e. The highest BCUT2D eigenvalue weighted by molar-refractivity contribution is 5.78. The average Bonchev–Trinajstić information content (AvgIpc) is 2.59. The second-order valence-corrected chi connectivity index (χ2v) is 8.60. The molecular formula is C23H32O4. The summed E-state index contributed by atoms with van der Waals surface area (Å²) < 4.78 is 11.7. The molecular weight excluding hydrogens is 340 g/mol. The van der Waals surface area contributed by atoms with Crippen LogP contribution in [0.2, 0.25) is 0 Å². The average molecular weight is 373 g/mol. The summed E-state index contributed by atoms with van der Waals surface area (Å²) in [5.41, 5.74) is 2.67. The summed E-state index contributed by atoms with van der Waals surface area (Å²) in [6, 6.07) is 3.64. The monoisotopic (exact) mass is 372 g/mol. The van der Waals surface area contributed by atoms with Gasteiger partial charge in [0.1, 0.15) is 17.1 Å². The van der Waals surface area contributed by atoms with Gasteiger partial charge in [0.05, 0.1) is 12.5 Å². The van der Waals surface area contributed by atoms with E-state index in [1.165, 1.54) is 5.57 Å². The van der Waals surface area contributed by atoms with E-state index in [0.29, 0.717) is 18.3 Å². The van der Waals surface area contributed by atoms with Crippen LogP contribution in [-0.2, 0) is 9.53 Å². The molecule has 1 aromatic rings. The van der Waals surface area contributed by atoms with Crippen LogP contribution < -0.4 is 4.74 Å². The molecule has 0 amide bonds. The lowest BCUT2D eigenvalue weighted by molar-refractivity contribution is -0.145. The first kappa shape index (κ1) is 19.8. The number of benzene rings is 1. The van der Waals surface area contributed by atoms with E-state index in [9.17, 15) is 9.90 Å². The minimum absolute atomic E-state index is 0.232. The van der Waals surface area contributed by atoms with Crippen molar-refractivity contribution < 1.29 is 19.4 Å². The van der Waals surface area contributed by atoms with Crippen molar-refractivity contribution in [3.63, 3.8) is 0 Å². The second kappa shape index (κ2) is 7.57. The number of carbonyl (C=O) groups excluding carboxylic acids is 1. The predicted molar refractivity (Wildman–Crippen MR) is 106 cm³/mol. The van der Waals surface area contributed by atoms with Crippen LogP contribution in [0.1, 0.15) is 83.3 Å². The van der Waals surface area contributed by atoms with Crippen LogP contribution in [0.15, 0.2) is 23.8 Å². The summed E-state index contributed by atoms with van der Waals surface area (Å²) in [5, 5.41) is 10.8. The Labute approximate surface area is 162 Å². The van der Waals surface area contributed by atoms with Gasteiger partial charge in [-0.15, -0.1) is 0 Å². The number of allylic oxidation sites excluding steroid dienone is 2. The molecule has 3 atom stereocenters. The molecule has 0 fully saturated rings. The highest BCUT2D eigenvalue weighted by Gasteiger charge is 2.45. The first-order valence-corrected chi connectivity index (χ1v) is 10.1. The van der Waals surface area contributed by atoms with Gasteiger partial charge in [0.25, 0.3) is 0 Å². The molecule has 1 heterocycles. The number of carbonyl (C=O) groups is 1. The van der Waals surface area contributed by atoms with Gasteiger partial charge in [-0.05, 0) is 64.7 Å². The Morgan fingerprint density at radius 2 is 2.15 bits per heavy atom. The number of hydrogen-bond donors (Lipinski definition) is 1. The maximum atomic E-state index is 12.3. The quantitative estimate of drug-likeness (QED) is 0.424. The van der Waals surface area contributed by atoms with Gasteiger partial charge in [-0.1, -0.05) is 25.0 Å². The van der Waals surface area contributed by atoms with Gasteiger partial charge >= 0.3 is 5.97 Å². The zero-order valence-electron chi connectivity index (χ0n) is 17.2. The molecule has 2 unspecified atom stereocenters. The molecule has 2 aliphatic rings. The molecule has 1 N–H and O–H groups in total. The van der Waals surface area contributed by atoms with Crippen LogP contribution in [0.5, 0.6) is 11.5 Å². The van der Waals surface area contributed by atoms with Gasteiger partial charge < -0.3 is 14.6 Å². The van der Waals surface area contributed by atoms with Crippen molar-refractivity contribution in [3.05, 3.63) is 34.9 Å². The van der Waals surface area contributed by atoms with Gasteiger partial charge in [-0.2, -0.15) is 0 Å². The highest BCUT2D eigenvalue weighted by atomic mass is 16.5. The van der Waals surface area contributed by atoms with Gasteiger partial charge in [-0.25, -0.2) is 0 Å². The van der Waals surface area contributed by atoms with E-state index in [0.717, 1.165) is 36.8 Å². The third-order valence-corrected chi connectivity index (χ3v) is 6.12. The molecule has 0 radical (unpaired) electrons. The molecule has 0 aromatic heterocycles. The Balaban J connectivity index is 1.92. The maximum Gasteiger partial charge on any atom is 0.313 e. The zero-order valence-corrected chi connectivity index (χ0v) is 17.2. The van der Waals surface area contributed by atoms with Crippen molar-refractivity contribution in [2.45, 2.75) is 77.7 Å². The number of hydrogen-bond acceptors (Lipinski definition) is 4. The van der Waals surface area contributed by atoms with Gasteiger partial charge in [0.15, 0.2) is 0 Å². The summed E-state index contributed by atoms with van der Waals surface area (Å²) in [6.07, 6.45) is 6.04. The van der Waals surface area contributed by atoms with Crippen molar-refractivity contribution >= 4 is 5.97 Å². The Kier molecular flexibility index (Phi) is 5.55. The molecule has 1 aliphatic carbocycles. The van der Waals surface area contributed by atoms with Crippen LogP contribution in [0.25, 0.3) is 0 Å². The molecule has 0 bridgehead atoms. The fraction of sp³-hybridized carbons (Fsp3) is 0.609. The van der Waals surface area contributed by atoms with Gasteiger partial charge in [-0.3, -0.25) is 4.79 Å². The molecule has 4 heteroatoms. The van der Waals surface area contributed by atoms with Crippen molar-refractivity contribution in [1.82, 2.24) is 0 Å². The maximum absolute atomic E-state index is 12.3. The Bertz CT molecular complexity index is 747. The van der Waals surface area contributed by atoms with E-state index < -0.39 is 5.92 Å². The number of fused-ring (bicyclic) bond motifs is 3. The first-order valence-electron chi connectivity index (χ1n) is 10.1. The van der Waals surface area contributed by atoms with E-state index in [1.54, 1.807) is 6.07 Å². The lowest BCUT2D eigenvalue weighted by Crippen LogP contribution is -2.45. The summed E-state index contributed by atoms with van der Waals surface area (Å²) in [7, 11) is 0. The molecule has 4 nitrogen and oxygen atoms in total. The summed E-state index contributed by atoms with van der Waals surface area (Å²) >= 11 is 0. The second-order valence-electron chi connectivity index (χ2n) is 8.60. The topological polar surface area (TPSA) is 55.8 Å². The van der Waals surface area contributed by atoms with E-state index in [-0.39, 0.29) is 23.2 Å². The Morgan fingerprint density at radius 1 is 1.41 bits per heavy atom. The van der Waals surface area contributed by atoms with Gasteiger partial charge in [0.2, 0.25) is 0 Å². The van der Waals surface area contributed by atoms with Crippen molar-refractivity contribution in [1.29, 1.82) is 0 Å². The SMILES string of the molecule is CCCCOC(=O)C(C)c1cc(O)c2c(c1)OC(C)(C)C1CC=C(C)C[C@@H]21. The largest absolute Gasteiger partial charge is 0.508 e. The van der Waals surface area contributed by atoms with E-state index >= 15 is 0 Å². The number of aromatic hydroxyl groups is 1. The lowest BCUT2D eigenvalue weighted by Gasteiger charge is -2.47. The summed E-state index contributed by atoms with van der Waals surface area (Å²) in [4.78, 5) is 12.3. The Hall–Kier alpha value is -1.97. The Morgan fingerprint density at radius 3 is 2.85 bits per heavy atom. The third-order valence-electron chi connectivity index (χ3n) is 6.12. The fourth-order valence-corrected chi connectivity index (χ4v) is 4.41. The predicted octanol–water partition coefficient (Wildman–Crippen LogP) is 5.45. The first-order chi connectivity index (χ1) is 12.7. The highest BCUT2D eigenvalue weighted by Crippen LogP contribution is 2.54. The number of phenolic OH excluding ortho intramolecular Hbond substituents is 1. The fourth-order valence-electron chi connectivity index (χ4n) is 4.41. The number of ether oxygens (including phenoxy) is 2. The number of esters is 1.